The fourth-order valence-corrected chi connectivity index (χ4v) is 4.78. The molecule has 206 valence electrons. The number of rotatable bonds is 9. The summed E-state index contributed by atoms with van der Waals surface area (Å²) in [6.07, 6.45) is -3.14. The van der Waals surface area contributed by atoms with E-state index < -0.39 is 32.7 Å². The van der Waals surface area contributed by atoms with Gasteiger partial charge in [0.25, 0.3) is 0 Å². The number of fused-ring (bicyclic) bond motifs is 1. The largest absolute Gasteiger partial charge is 0.493 e. The first-order valence-electron chi connectivity index (χ1n) is 11.3. The lowest BCUT2D eigenvalue weighted by Crippen LogP contribution is -2.17. The molecule has 0 radical (unpaired) electrons. The highest BCUT2D eigenvalue weighted by atomic mass is 35.5. The van der Waals surface area contributed by atoms with Gasteiger partial charge in [0, 0.05) is 11.8 Å². The quantitative estimate of drug-likeness (QED) is 0.205. The summed E-state index contributed by atoms with van der Waals surface area (Å²) in [4.78, 5) is 15.9. The van der Waals surface area contributed by atoms with Gasteiger partial charge in [-0.3, -0.25) is 9.20 Å². The minimum absolute atomic E-state index is 0.0329. The molecule has 2 aromatic carbocycles. The number of alkyl halides is 3. The lowest BCUT2D eigenvalue weighted by molar-refractivity contribution is -0.141. The molecule has 0 atom stereocenters. The van der Waals surface area contributed by atoms with Crippen LogP contribution in [0.25, 0.3) is 16.9 Å². The summed E-state index contributed by atoms with van der Waals surface area (Å²) in [5, 5.41) is 3.39. The maximum Gasteiger partial charge on any atom is 0.416 e. The van der Waals surface area contributed by atoms with Crippen molar-refractivity contribution in [3.63, 3.8) is 0 Å². The van der Waals surface area contributed by atoms with E-state index in [4.69, 9.17) is 25.3 Å². The molecule has 4 rings (SSSR count). The molecule has 1 N–H and O–H groups in total. The maximum atomic E-state index is 13.1. The summed E-state index contributed by atoms with van der Waals surface area (Å²) in [6.45, 7) is 1.71. The molecule has 0 aliphatic rings. The number of anilines is 1. The van der Waals surface area contributed by atoms with Gasteiger partial charge in [0.2, 0.25) is 0 Å². The molecule has 0 saturated carbocycles. The van der Waals surface area contributed by atoms with Gasteiger partial charge in [0.15, 0.2) is 11.5 Å². The van der Waals surface area contributed by atoms with E-state index in [1.165, 1.54) is 25.3 Å². The highest BCUT2D eigenvalue weighted by Crippen LogP contribution is 2.38. The van der Waals surface area contributed by atoms with E-state index in [0.717, 1.165) is 18.2 Å². The fraction of sp³-hybridized carbons (Fsp3) is 0.200. The average molecular weight is 584 g/mol. The van der Waals surface area contributed by atoms with Crippen LogP contribution >= 0.6 is 11.6 Å². The number of imidazole rings is 1. The van der Waals surface area contributed by atoms with Crippen LogP contribution in [0.5, 0.6) is 11.5 Å². The number of halogens is 4. The van der Waals surface area contributed by atoms with E-state index in [-0.39, 0.29) is 24.7 Å². The first kappa shape index (κ1) is 28.0. The second kappa shape index (κ2) is 11.0. The van der Waals surface area contributed by atoms with Gasteiger partial charge in [0.1, 0.15) is 28.6 Å². The number of carbonyl (C=O) groups excluding carboxylic acids is 1. The number of hydrogen-bond acceptors (Lipinski definition) is 8. The molecule has 0 fully saturated rings. The zero-order valence-corrected chi connectivity index (χ0v) is 22.0. The summed E-state index contributed by atoms with van der Waals surface area (Å²) in [6, 6.07) is 10.7. The fourth-order valence-electron chi connectivity index (χ4n) is 3.63. The summed E-state index contributed by atoms with van der Waals surface area (Å²) < 4.78 is 81.8. The smallest absolute Gasteiger partial charge is 0.416 e. The molecule has 4 aromatic rings. The van der Waals surface area contributed by atoms with Crippen molar-refractivity contribution in [3.8, 4) is 22.8 Å². The highest BCUT2D eigenvalue weighted by molar-refractivity contribution is 7.87. The minimum atomic E-state index is -4.73. The van der Waals surface area contributed by atoms with Crippen LogP contribution in [-0.4, -0.2) is 44.0 Å². The van der Waals surface area contributed by atoms with Crippen molar-refractivity contribution in [1.82, 2.24) is 9.38 Å². The van der Waals surface area contributed by atoms with Crippen LogP contribution in [0.15, 0.2) is 65.7 Å². The van der Waals surface area contributed by atoms with Crippen molar-refractivity contribution in [2.45, 2.75) is 18.0 Å². The highest BCUT2D eigenvalue weighted by Gasteiger charge is 2.32. The van der Waals surface area contributed by atoms with Gasteiger partial charge in [-0.1, -0.05) is 17.7 Å². The van der Waals surface area contributed by atoms with Crippen molar-refractivity contribution >= 4 is 39.2 Å². The first-order valence-corrected chi connectivity index (χ1v) is 13.1. The van der Waals surface area contributed by atoms with E-state index in [1.807, 2.05) is 0 Å². The molecule has 0 amide bonds. The van der Waals surface area contributed by atoms with E-state index >= 15 is 0 Å². The van der Waals surface area contributed by atoms with Gasteiger partial charge < -0.3 is 19.0 Å². The number of methoxy groups -OCH3 is 1. The molecule has 0 saturated heterocycles. The van der Waals surface area contributed by atoms with Crippen molar-refractivity contribution in [1.29, 1.82) is 0 Å². The number of benzene rings is 2. The molecule has 0 aliphatic carbocycles. The number of esters is 1. The Hall–Kier alpha value is -3.97. The summed E-state index contributed by atoms with van der Waals surface area (Å²) in [7, 11) is -3.37. The van der Waals surface area contributed by atoms with Crippen LogP contribution < -0.4 is 14.2 Å². The lowest BCUT2D eigenvalue weighted by Gasteiger charge is -2.14. The van der Waals surface area contributed by atoms with E-state index in [0.29, 0.717) is 33.8 Å². The Kier molecular flexibility index (Phi) is 7.93. The molecule has 0 spiro atoms. The predicted octanol–water partition coefficient (Wildman–Crippen LogP) is 5.42. The van der Waals surface area contributed by atoms with Crippen molar-refractivity contribution in [2.24, 2.45) is 0 Å². The van der Waals surface area contributed by atoms with Crippen LogP contribution in [0.2, 0.25) is 5.02 Å². The van der Waals surface area contributed by atoms with Crippen molar-refractivity contribution < 1.29 is 40.0 Å². The van der Waals surface area contributed by atoms with Gasteiger partial charge in [-0.05, 0) is 55.5 Å². The second-order valence-electron chi connectivity index (χ2n) is 7.97. The standard InChI is InChI=1S/C25H21ClF3N3O6S/c1-3-37-22(33)13-30-24-23(31-21-10-8-17(26)14-32(21)24)15-7-9-19(20(11-15)36-2)38-39(34,35)18-6-4-5-16(12-18)25(27,28)29/h4-12,14,30H,3,13H2,1-2H3. The van der Waals surface area contributed by atoms with Gasteiger partial charge in [-0.15, -0.1) is 0 Å². The minimum Gasteiger partial charge on any atom is -0.493 e. The van der Waals surface area contributed by atoms with E-state index in [2.05, 4.69) is 10.3 Å². The number of ether oxygens (including phenoxy) is 2. The number of pyridine rings is 1. The Balaban J connectivity index is 1.71. The number of nitrogens with zero attached hydrogens (tertiary/aromatic N) is 2. The Morgan fingerprint density at radius 2 is 1.87 bits per heavy atom. The zero-order chi connectivity index (χ0) is 28.4. The SMILES string of the molecule is CCOC(=O)CNc1c(-c2ccc(OS(=O)(=O)c3cccc(C(F)(F)F)c3)c(OC)c2)nc2ccc(Cl)cn12. The molecule has 0 unspecified atom stereocenters. The topological polar surface area (TPSA) is 108 Å². The number of hydrogen-bond donors (Lipinski definition) is 1. The normalized spacial score (nSPS) is 11.8. The van der Waals surface area contributed by atoms with E-state index in [1.54, 1.807) is 29.7 Å². The van der Waals surface area contributed by atoms with Crippen LogP contribution in [0, 0.1) is 0 Å². The van der Waals surface area contributed by atoms with E-state index in [9.17, 15) is 26.4 Å². The van der Waals surface area contributed by atoms with Gasteiger partial charge >= 0.3 is 22.3 Å². The molecular formula is C25H21ClF3N3O6S. The molecule has 14 heteroatoms. The lowest BCUT2D eigenvalue weighted by atomic mass is 10.1. The summed E-state index contributed by atoms with van der Waals surface area (Å²) in [5.74, 6) is -0.393. The van der Waals surface area contributed by atoms with Gasteiger partial charge in [-0.25, -0.2) is 4.98 Å². The number of nitrogens with one attached hydrogen (secondary N) is 1. The molecule has 39 heavy (non-hydrogen) atoms. The molecule has 9 nitrogen and oxygen atoms in total. The molecule has 2 aromatic heterocycles. The van der Waals surface area contributed by atoms with Crippen LogP contribution in [0.1, 0.15) is 12.5 Å². The van der Waals surface area contributed by atoms with Crippen LogP contribution in [0.4, 0.5) is 19.0 Å². The molecular weight excluding hydrogens is 563 g/mol. The average Bonchev–Trinajstić information content (AvgIpc) is 3.24. The Bertz CT molecular complexity index is 1640. The first-order chi connectivity index (χ1) is 18.4. The third-order valence-corrected chi connectivity index (χ3v) is 6.83. The van der Waals surface area contributed by atoms with Gasteiger partial charge in [-0.2, -0.15) is 21.6 Å². The maximum absolute atomic E-state index is 13.1. The molecule has 2 heterocycles. The van der Waals surface area contributed by atoms with Crippen LogP contribution in [0.3, 0.4) is 0 Å². The molecule has 0 bridgehead atoms. The predicted molar refractivity (Wildman–Crippen MR) is 137 cm³/mol. The third kappa shape index (κ3) is 6.20. The Morgan fingerprint density at radius 1 is 1.10 bits per heavy atom. The Labute approximate surface area is 226 Å². The number of aromatic nitrogens is 2. The summed E-state index contributed by atoms with van der Waals surface area (Å²) >= 11 is 6.15. The zero-order valence-electron chi connectivity index (χ0n) is 20.5. The second-order valence-corrected chi connectivity index (χ2v) is 9.95. The third-order valence-electron chi connectivity index (χ3n) is 5.37. The Morgan fingerprint density at radius 3 is 2.56 bits per heavy atom. The number of carbonyl (C=O) groups is 1. The summed E-state index contributed by atoms with van der Waals surface area (Å²) in [5.41, 5.74) is 0.172. The molecule has 0 aliphatic heterocycles. The van der Waals surface area contributed by atoms with Crippen molar-refractivity contribution in [3.05, 3.63) is 71.4 Å². The van der Waals surface area contributed by atoms with Crippen molar-refractivity contribution in [2.75, 3.05) is 25.6 Å². The monoisotopic (exact) mass is 583 g/mol. The van der Waals surface area contributed by atoms with Gasteiger partial charge in [0.05, 0.1) is 24.3 Å². The van der Waals surface area contributed by atoms with Crippen LogP contribution in [-0.2, 0) is 25.8 Å².